The Morgan fingerprint density at radius 2 is 1.82 bits per heavy atom. The van der Waals surface area contributed by atoms with Crippen LogP contribution in [0, 0.1) is 11.8 Å². The second-order valence-electron chi connectivity index (χ2n) is 6.45. The fourth-order valence-electron chi connectivity index (χ4n) is 2.87. The molecule has 17 heavy (non-hydrogen) atoms. The SMILES string of the molecule is CC(C)CNCC(C(C)C)N1CCCCC1C. The van der Waals surface area contributed by atoms with E-state index in [2.05, 4.69) is 44.8 Å². The summed E-state index contributed by atoms with van der Waals surface area (Å²) in [7, 11) is 0. The van der Waals surface area contributed by atoms with Crippen LogP contribution >= 0.6 is 0 Å². The molecule has 1 rings (SSSR count). The highest BCUT2D eigenvalue weighted by Crippen LogP contribution is 2.22. The highest BCUT2D eigenvalue weighted by Gasteiger charge is 2.27. The monoisotopic (exact) mass is 240 g/mol. The van der Waals surface area contributed by atoms with Crippen molar-refractivity contribution in [1.29, 1.82) is 0 Å². The van der Waals surface area contributed by atoms with Crippen LogP contribution in [0.1, 0.15) is 53.9 Å². The van der Waals surface area contributed by atoms with Gasteiger partial charge in [-0.1, -0.05) is 34.1 Å². The van der Waals surface area contributed by atoms with E-state index in [-0.39, 0.29) is 0 Å². The average molecular weight is 240 g/mol. The van der Waals surface area contributed by atoms with Crippen molar-refractivity contribution >= 4 is 0 Å². The Labute approximate surface area is 108 Å². The average Bonchev–Trinajstić information content (AvgIpc) is 2.25. The molecule has 0 aliphatic carbocycles. The van der Waals surface area contributed by atoms with Gasteiger partial charge < -0.3 is 5.32 Å². The van der Waals surface area contributed by atoms with Crippen LogP contribution in [-0.4, -0.2) is 36.6 Å². The third kappa shape index (κ3) is 4.97. The first-order valence-corrected chi connectivity index (χ1v) is 7.48. The summed E-state index contributed by atoms with van der Waals surface area (Å²) in [6.07, 6.45) is 4.19. The van der Waals surface area contributed by atoms with Gasteiger partial charge in [0.05, 0.1) is 0 Å². The van der Waals surface area contributed by atoms with Crippen LogP contribution in [0.4, 0.5) is 0 Å². The maximum atomic E-state index is 3.64. The number of nitrogens with one attached hydrogen (secondary N) is 1. The summed E-state index contributed by atoms with van der Waals surface area (Å²) in [5, 5.41) is 3.64. The third-order valence-electron chi connectivity index (χ3n) is 3.96. The van der Waals surface area contributed by atoms with Crippen LogP contribution < -0.4 is 5.32 Å². The Bertz CT molecular complexity index is 201. The zero-order valence-electron chi connectivity index (χ0n) is 12.5. The molecule has 0 aromatic heterocycles. The van der Waals surface area contributed by atoms with Crippen LogP contribution in [-0.2, 0) is 0 Å². The van der Waals surface area contributed by atoms with Crippen molar-refractivity contribution in [3.05, 3.63) is 0 Å². The van der Waals surface area contributed by atoms with Crippen molar-refractivity contribution < 1.29 is 0 Å². The number of likely N-dealkylation sites (tertiary alicyclic amines) is 1. The molecule has 1 aliphatic rings. The molecule has 2 unspecified atom stereocenters. The quantitative estimate of drug-likeness (QED) is 0.767. The summed E-state index contributed by atoms with van der Waals surface area (Å²) in [5.74, 6) is 1.50. The molecule has 0 radical (unpaired) electrons. The molecule has 1 aliphatic heterocycles. The zero-order valence-corrected chi connectivity index (χ0v) is 12.5. The summed E-state index contributed by atoms with van der Waals surface area (Å²) in [5.41, 5.74) is 0. The van der Waals surface area contributed by atoms with Gasteiger partial charge in [0.15, 0.2) is 0 Å². The molecule has 1 fully saturated rings. The van der Waals surface area contributed by atoms with E-state index in [0.717, 1.165) is 31.0 Å². The highest BCUT2D eigenvalue weighted by atomic mass is 15.2. The summed E-state index contributed by atoms with van der Waals surface area (Å²) in [6.45, 7) is 15.3. The van der Waals surface area contributed by atoms with Crippen molar-refractivity contribution in [2.24, 2.45) is 11.8 Å². The van der Waals surface area contributed by atoms with Gasteiger partial charge in [-0.3, -0.25) is 4.90 Å². The molecule has 2 atom stereocenters. The fraction of sp³-hybridized carbons (Fsp3) is 1.00. The van der Waals surface area contributed by atoms with Gasteiger partial charge in [-0.2, -0.15) is 0 Å². The van der Waals surface area contributed by atoms with Crippen LogP contribution in [0.15, 0.2) is 0 Å². The minimum atomic E-state index is 0.712. The molecule has 1 N–H and O–H groups in total. The standard InChI is InChI=1S/C15H32N2/c1-12(2)10-16-11-15(13(3)4)17-9-7-6-8-14(17)5/h12-16H,6-11H2,1-5H3. The van der Waals surface area contributed by atoms with Gasteiger partial charge in [0, 0.05) is 18.6 Å². The van der Waals surface area contributed by atoms with Crippen molar-refractivity contribution in [2.75, 3.05) is 19.6 Å². The Morgan fingerprint density at radius 3 is 2.35 bits per heavy atom. The van der Waals surface area contributed by atoms with Crippen LogP contribution in [0.2, 0.25) is 0 Å². The lowest BCUT2D eigenvalue weighted by Gasteiger charge is -2.42. The topological polar surface area (TPSA) is 15.3 Å². The van der Waals surface area contributed by atoms with Gasteiger partial charge in [0.25, 0.3) is 0 Å². The normalized spacial score (nSPS) is 24.5. The molecular formula is C15H32N2. The van der Waals surface area contributed by atoms with Crippen molar-refractivity contribution in [3.63, 3.8) is 0 Å². The lowest BCUT2D eigenvalue weighted by molar-refractivity contribution is 0.0773. The van der Waals surface area contributed by atoms with Gasteiger partial charge in [-0.15, -0.1) is 0 Å². The van der Waals surface area contributed by atoms with E-state index in [4.69, 9.17) is 0 Å². The van der Waals surface area contributed by atoms with Crippen LogP contribution in [0.5, 0.6) is 0 Å². The molecule has 0 saturated carbocycles. The molecule has 2 nitrogen and oxygen atoms in total. The molecular weight excluding hydrogens is 208 g/mol. The maximum absolute atomic E-state index is 3.64. The lowest BCUT2D eigenvalue weighted by Crippen LogP contribution is -2.51. The Morgan fingerprint density at radius 1 is 1.12 bits per heavy atom. The minimum absolute atomic E-state index is 0.712. The van der Waals surface area contributed by atoms with E-state index in [0.29, 0.717) is 6.04 Å². The smallest absolute Gasteiger partial charge is 0.0246 e. The molecule has 1 heterocycles. The number of nitrogens with zero attached hydrogens (tertiary/aromatic N) is 1. The predicted octanol–water partition coefficient (Wildman–Crippen LogP) is 3.13. The minimum Gasteiger partial charge on any atom is -0.315 e. The van der Waals surface area contributed by atoms with Crippen molar-refractivity contribution in [3.8, 4) is 0 Å². The second-order valence-corrected chi connectivity index (χ2v) is 6.45. The van der Waals surface area contributed by atoms with Crippen molar-refractivity contribution in [2.45, 2.75) is 66.0 Å². The van der Waals surface area contributed by atoms with Gasteiger partial charge in [-0.25, -0.2) is 0 Å². The lowest BCUT2D eigenvalue weighted by atomic mass is 9.95. The number of piperidine rings is 1. The summed E-state index contributed by atoms with van der Waals surface area (Å²) >= 11 is 0. The van der Waals surface area contributed by atoms with E-state index < -0.39 is 0 Å². The molecule has 0 aromatic carbocycles. The molecule has 0 spiro atoms. The first kappa shape index (κ1) is 15.0. The van der Waals surface area contributed by atoms with Crippen LogP contribution in [0.3, 0.4) is 0 Å². The summed E-state index contributed by atoms with van der Waals surface area (Å²) < 4.78 is 0. The van der Waals surface area contributed by atoms with E-state index in [9.17, 15) is 0 Å². The Balaban J connectivity index is 2.46. The third-order valence-corrected chi connectivity index (χ3v) is 3.96. The first-order valence-electron chi connectivity index (χ1n) is 7.48. The van der Waals surface area contributed by atoms with Gasteiger partial charge in [0.2, 0.25) is 0 Å². The number of rotatable bonds is 6. The molecule has 0 amide bonds. The van der Waals surface area contributed by atoms with E-state index in [1.54, 1.807) is 0 Å². The number of hydrogen-bond acceptors (Lipinski definition) is 2. The molecule has 0 bridgehead atoms. The maximum Gasteiger partial charge on any atom is 0.0246 e. The fourth-order valence-corrected chi connectivity index (χ4v) is 2.87. The molecule has 1 saturated heterocycles. The van der Waals surface area contributed by atoms with Gasteiger partial charge in [0.1, 0.15) is 0 Å². The van der Waals surface area contributed by atoms with Gasteiger partial charge in [-0.05, 0) is 44.7 Å². The van der Waals surface area contributed by atoms with Gasteiger partial charge >= 0.3 is 0 Å². The highest BCUT2D eigenvalue weighted by molar-refractivity contribution is 4.83. The Hall–Kier alpha value is -0.0800. The number of hydrogen-bond donors (Lipinski definition) is 1. The van der Waals surface area contributed by atoms with Crippen molar-refractivity contribution in [1.82, 2.24) is 10.2 Å². The predicted molar refractivity (Wildman–Crippen MR) is 76.4 cm³/mol. The first-order chi connectivity index (χ1) is 8.02. The Kier molecular flexibility index (Phi) is 6.50. The second kappa shape index (κ2) is 7.38. The molecule has 102 valence electrons. The summed E-state index contributed by atoms with van der Waals surface area (Å²) in [6, 6.07) is 1.49. The largest absolute Gasteiger partial charge is 0.315 e. The van der Waals surface area contributed by atoms with E-state index >= 15 is 0 Å². The van der Waals surface area contributed by atoms with E-state index in [1.165, 1.54) is 25.8 Å². The van der Waals surface area contributed by atoms with Crippen LogP contribution in [0.25, 0.3) is 0 Å². The molecule has 0 aromatic rings. The summed E-state index contributed by atoms with van der Waals surface area (Å²) in [4.78, 5) is 2.74. The molecule has 2 heteroatoms. The van der Waals surface area contributed by atoms with E-state index in [1.807, 2.05) is 0 Å². The zero-order chi connectivity index (χ0) is 12.8.